The number of nitrogens with zero attached hydrogens (tertiary/aromatic N) is 1. The Labute approximate surface area is 138 Å². The van der Waals surface area contributed by atoms with Crippen LogP contribution in [-0.4, -0.2) is 31.6 Å². The number of hydrogen-bond acceptors (Lipinski definition) is 5. The number of guanidine groups is 1. The summed E-state index contributed by atoms with van der Waals surface area (Å²) in [5.74, 6) is 1.86. The summed E-state index contributed by atoms with van der Waals surface area (Å²) in [4.78, 5) is 4.42. The van der Waals surface area contributed by atoms with Crippen molar-refractivity contribution in [2.45, 2.75) is 38.8 Å². The molecule has 6 heteroatoms. The SMILES string of the molecule is CCC(C)NC(CNC1=NCCCN1)c1ccco1.I. The van der Waals surface area contributed by atoms with Crippen LogP contribution in [0.15, 0.2) is 27.8 Å². The van der Waals surface area contributed by atoms with Crippen LogP contribution in [0.4, 0.5) is 0 Å². The monoisotopic (exact) mass is 392 g/mol. The molecule has 1 aliphatic heterocycles. The molecule has 0 saturated carbocycles. The van der Waals surface area contributed by atoms with Crippen molar-refractivity contribution in [3.8, 4) is 0 Å². The Balaban J connectivity index is 0.00000200. The Morgan fingerprint density at radius 1 is 1.50 bits per heavy atom. The van der Waals surface area contributed by atoms with Crippen molar-refractivity contribution < 1.29 is 4.42 Å². The van der Waals surface area contributed by atoms with E-state index in [4.69, 9.17) is 4.42 Å². The summed E-state index contributed by atoms with van der Waals surface area (Å²) >= 11 is 0. The van der Waals surface area contributed by atoms with E-state index in [2.05, 4.69) is 34.8 Å². The number of rotatable bonds is 6. The molecule has 0 aromatic carbocycles. The van der Waals surface area contributed by atoms with Crippen LogP contribution in [0.2, 0.25) is 0 Å². The quantitative estimate of drug-likeness (QED) is 0.650. The van der Waals surface area contributed by atoms with E-state index < -0.39 is 0 Å². The normalized spacial score (nSPS) is 17.4. The van der Waals surface area contributed by atoms with E-state index in [0.717, 1.165) is 44.2 Å². The van der Waals surface area contributed by atoms with Crippen molar-refractivity contribution in [1.29, 1.82) is 0 Å². The van der Waals surface area contributed by atoms with Crippen molar-refractivity contribution in [2.24, 2.45) is 4.99 Å². The van der Waals surface area contributed by atoms with Gasteiger partial charge in [0.25, 0.3) is 0 Å². The molecule has 0 radical (unpaired) electrons. The molecular weight excluding hydrogens is 367 g/mol. The van der Waals surface area contributed by atoms with Crippen LogP contribution < -0.4 is 16.0 Å². The summed E-state index contributed by atoms with van der Waals surface area (Å²) in [7, 11) is 0. The molecule has 2 rings (SSSR count). The summed E-state index contributed by atoms with van der Waals surface area (Å²) in [5, 5.41) is 10.2. The second-order valence-electron chi connectivity index (χ2n) is 4.94. The van der Waals surface area contributed by atoms with Gasteiger partial charge in [0.2, 0.25) is 0 Å². The predicted molar refractivity (Wildman–Crippen MR) is 92.7 cm³/mol. The molecule has 0 amide bonds. The van der Waals surface area contributed by atoms with Gasteiger partial charge in [0.05, 0.1) is 12.3 Å². The molecule has 0 aliphatic carbocycles. The van der Waals surface area contributed by atoms with E-state index in [9.17, 15) is 0 Å². The maximum Gasteiger partial charge on any atom is 0.191 e. The number of aliphatic imine (C=N–C) groups is 1. The molecule has 3 N–H and O–H groups in total. The van der Waals surface area contributed by atoms with Crippen LogP contribution >= 0.6 is 24.0 Å². The molecule has 0 fully saturated rings. The molecule has 0 spiro atoms. The first-order valence-electron chi connectivity index (χ1n) is 7.11. The summed E-state index contributed by atoms with van der Waals surface area (Å²) in [6.45, 7) is 7.03. The minimum atomic E-state index is 0. The van der Waals surface area contributed by atoms with Gasteiger partial charge in [0, 0.05) is 25.7 Å². The van der Waals surface area contributed by atoms with Crippen molar-refractivity contribution in [3.63, 3.8) is 0 Å². The highest BCUT2D eigenvalue weighted by Crippen LogP contribution is 2.14. The Bertz CT molecular complexity index is 394. The van der Waals surface area contributed by atoms with Crippen LogP contribution in [0, 0.1) is 0 Å². The molecule has 20 heavy (non-hydrogen) atoms. The minimum absolute atomic E-state index is 0. The lowest BCUT2D eigenvalue weighted by molar-refractivity contribution is 0.372. The highest BCUT2D eigenvalue weighted by molar-refractivity contribution is 14.0. The van der Waals surface area contributed by atoms with Gasteiger partial charge >= 0.3 is 0 Å². The fraction of sp³-hybridized carbons (Fsp3) is 0.643. The van der Waals surface area contributed by atoms with Gasteiger partial charge in [0.15, 0.2) is 5.96 Å². The lowest BCUT2D eigenvalue weighted by atomic mass is 10.1. The highest BCUT2D eigenvalue weighted by atomic mass is 127. The molecule has 1 aliphatic rings. The fourth-order valence-corrected chi connectivity index (χ4v) is 2.04. The predicted octanol–water partition coefficient (Wildman–Crippen LogP) is 2.27. The molecule has 1 aromatic rings. The Kier molecular flexibility index (Phi) is 7.98. The average Bonchev–Trinajstić information content (AvgIpc) is 2.98. The zero-order valence-electron chi connectivity index (χ0n) is 12.2. The van der Waals surface area contributed by atoms with E-state index in [1.54, 1.807) is 6.26 Å². The second kappa shape index (κ2) is 9.23. The number of furan rings is 1. The molecule has 114 valence electrons. The van der Waals surface area contributed by atoms with E-state index in [1.807, 2.05) is 12.1 Å². The van der Waals surface area contributed by atoms with Crippen molar-refractivity contribution in [2.75, 3.05) is 19.6 Å². The number of halogens is 1. The van der Waals surface area contributed by atoms with Gasteiger partial charge in [0.1, 0.15) is 5.76 Å². The largest absolute Gasteiger partial charge is 0.468 e. The fourth-order valence-electron chi connectivity index (χ4n) is 2.04. The Morgan fingerprint density at radius 3 is 2.95 bits per heavy atom. The smallest absolute Gasteiger partial charge is 0.191 e. The van der Waals surface area contributed by atoms with Gasteiger partial charge in [-0.1, -0.05) is 6.92 Å². The van der Waals surface area contributed by atoms with Gasteiger partial charge < -0.3 is 20.4 Å². The van der Waals surface area contributed by atoms with E-state index in [1.165, 1.54) is 0 Å². The van der Waals surface area contributed by atoms with Gasteiger partial charge in [-0.3, -0.25) is 4.99 Å². The maximum absolute atomic E-state index is 5.52. The van der Waals surface area contributed by atoms with E-state index >= 15 is 0 Å². The van der Waals surface area contributed by atoms with E-state index in [0.29, 0.717) is 6.04 Å². The molecule has 2 atom stereocenters. The molecular formula is C14H25IN4O. The minimum Gasteiger partial charge on any atom is -0.468 e. The first kappa shape index (κ1) is 17.3. The lowest BCUT2D eigenvalue weighted by Gasteiger charge is -2.23. The first-order valence-corrected chi connectivity index (χ1v) is 7.11. The average molecular weight is 392 g/mol. The van der Waals surface area contributed by atoms with Crippen molar-refractivity contribution in [1.82, 2.24) is 16.0 Å². The Hall–Kier alpha value is -0.760. The zero-order valence-corrected chi connectivity index (χ0v) is 14.5. The van der Waals surface area contributed by atoms with Crippen LogP contribution in [0.25, 0.3) is 0 Å². The molecule has 2 unspecified atom stereocenters. The van der Waals surface area contributed by atoms with Gasteiger partial charge in [-0.25, -0.2) is 0 Å². The maximum atomic E-state index is 5.52. The molecule has 1 aromatic heterocycles. The zero-order chi connectivity index (χ0) is 13.5. The van der Waals surface area contributed by atoms with Crippen molar-refractivity contribution >= 4 is 29.9 Å². The van der Waals surface area contributed by atoms with Gasteiger partial charge in [-0.15, -0.1) is 24.0 Å². The first-order chi connectivity index (χ1) is 9.29. The lowest BCUT2D eigenvalue weighted by Crippen LogP contribution is -2.45. The highest BCUT2D eigenvalue weighted by Gasteiger charge is 2.17. The number of hydrogen-bond donors (Lipinski definition) is 3. The number of nitrogens with one attached hydrogen (secondary N) is 3. The van der Waals surface area contributed by atoms with Crippen LogP contribution in [0.1, 0.15) is 38.5 Å². The summed E-state index contributed by atoms with van der Waals surface area (Å²) in [6.07, 6.45) is 3.92. The molecule has 5 nitrogen and oxygen atoms in total. The van der Waals surface area contributed by atoms with E-state index in [-0.39, 0.29) is 30.0 Å². The van der Waals surface area contributed by atoms with Crippen molar-refractivity contribution in [3.05, 3.63) is 24.2 Å². The van der Waals surface area contributed by atoms with Crippen LogP contribution in [0.3, 0.4) is 0 Å². The third-order valence-electron chi connectivity index (χ3n) is 3.36. The molecule has 0 bridgehead atoms. The summed E-state index contributed by atoms with van der Waals surface area (Å²) < 4.78 is 5.52. The molecule has 2 heterocycles. The standard InChI is InChI=1S/C14H24N4O.HI/c1-3-11(2)18-12(13-6-4-9-19-13)10-17-14-15-7-5-8-16-14;/h4,6,9,11-12,18H,3,5,7-8,10H2,1-2H3,(H2,15,16,17);1H. The summed E-state index contributed by atoms with van der Waals surface area (Å²) in [6, 6.07) is 4.56. The third-order valence-corrected chi connectivity index (χ3v) is 3.36. The second-order valence-corrected chi connectivity index (χ2v) is 4.94. The third kappa shape index (κ3) is 5.32. The van der Waals surface area contributed by atoms with Gasteiger partial charge in [-0.2, -0.15) is 0 Å². The Morgan fingerprint density at radius 2 is 2.35 bits per heavy atom. The van der Waals surface area contributed by atoms with Gasteiger partial charge in [-0.05, 0) is 31.9 Å². The topological polar surface area (TPSA) is 61.6 Å². The van der Waals surface area contributed by atoms with Crippen LogP contribution in [0.5, 0.6) is 0 Å². The molecule has 0 saturated heterocycles. The summed E-state index contributed by atoms with van der Waals surface area (Å²) in [5.41, 5.74) is 0. The van der Waals surface area contributed by atoms with Crippen LogP contribution in [-0.2, 0) is 0 Å².